The fourth-order valence-corrected chi connectivity index (χ4v) is 2.37. The largest absolute Gasteiger partial charge is 0.444 e. The van der Waals surface area contributed by atoms with E-state index in [2.05, 4.69) is 9.97 Å². The summed E-state index contributed by atoms with van der Waals surface area (Å²) in [6, 6.07) is 13.6. The number of hydrogen-bond acceptors (Lipinski definition) is 7. The van der Waals surface area contributed by atoms with Crippen molar-refractivity contribution in [3.63, 3.8) is 0 Å². The van der Waals surface area contributed by atoms with Gasteiger partial charge >= 0.3 is 5.97 Å². The van der Waals surface area contributed by atoms with E-state index in [1.165, 1.54) is 42.9 Å². The zero-order valence-electron chi connectivity index (χ0n) is 13.9. The average Bonchev–Trinajstić information content (AvgIpc) is 2.72. The Labute approximate surface area is 153 Å². The fourth-order valence-electron chi connectivity index (χ4n) is 2.37. The van der Waals surface area contributed by atoms with Crippen LogP contribution in [0.1, 0.15) is 32.5 Å². The van der Waals surface area contributed by atoms with Crippen LogP contribution in [0.3, 0.4) is 0 Å². The summed E-state index contributed by atoms with van der Waals surface area (Å²) in [5, 5.41) is 10.8. The molecule has 0 radical (unpaired) electrons. The first kappa shape index (κ1) is 17.9. The molecule has 0 aliphatic carbocycles. The second-order valence-electron chi connectivity index (χ2n) is 5.45. The summed E-state index contributed by atoms with van der Waals surface area (Å²) in [6.45, 7) is 0. The van der Waals surface area contributed by atoms with Gasteiger partial charge in [0.15, 0.2) is 11.8 Å². The Morgan fingerprint density at radius 2 is 1.70 bits per heavy atom. The number of ether oxygens (including phenoxy) is 1. The van der Waals surface area contributed by atoms with Crippen molar-refractivity contribution in [1.82, 2.24) is 9.97 Å². The fraction of sp³-hybridized carbons (Fsp3) is 0.0526. The third-order valence-electron chi connectivity index (χ3n) is 3.70. The van der Waals surface area contributed by atoms with Gasteiger partial charge in [-0.15, -0.1) is 0 Å². The number of rotatable bonds is 6. The van der Waals surface area contributed by atoms with Gasteiger partial charge in [0.25, 0.3) is 5.69 Å². The van der Waals surface area contributed by atoms with Gasteiger partial charge in [-0.25, -0.2) is 9.78 Å². The van der Waals surface area contributed by atoms with Gasteiger partial charge in [-0.2, -0.15) is 0 Å². The van der Waals surface area contributed by atoms with Crippen LogP contribution in [0.4, 0.5) is 5.69 Å². The number of carbonyl (C=O) groups is 2. The van der Waals surface area contributed by atoms with Crippen molar-refractivity contribution in [2.45, 2.75) is 6.10 Å². The second-order valence-corrected chi connectivity index (χ2v) is 5.45. The van der Waals surface area contributed by atoms with E-state index >= 15 is 0 Å². The smallest absolute Gasteiger partial charge is 0.359 e. The first-order valence-electron chi connectivity index (χ1n) is 7.87. The molecule has 0 aliphatic rings. The van der Waals surface area contributed by atoms with Gasteiger partial charge in [-0.3, -0.25) is 19.9 Å². The van der Waals surface area contributed by atoms with E-state index in [1.807, 2.05) is 0 Å². The Bertz CT molecular complexity index is 960. The molecule has 0 spiro atoms. The topological polar surface area (TPSA) is 112 Å². The molecule has 8 nitrogen and oxygen atoms in total. The Kier molecular flexibility index (Phi) is 5.27. The number of non-ortho nitro benzene ring substituents is 1. The van der Waals surface area contributed by atoms with Crippen LogP contribution in [0.15, 0.2) is 73.2 Å². The van der Waals surface area contributed by atoms with E-state index in [0.717, 1.165) is 0 Å². The minimum Gasteiger partial charge on any atom is -0.444 e. The van der Waals surface area contributed by atoms with Crippen LogP contribution in [0.25, 0.3) is 0 Å². The maximum atomic E-state index is 12.9. The predicted molar refractivity (Wildman–Crippen MR) is 94.1 cm³/mol. The normalized spacial score (nSPS) is 11.4. The van der Waals surface area contributed by atoms with Crippen LogP contribution in [0, 0.1) is 10.1 Å². The molecule has 1 heterocycles. The molecular weight excluding hydrogens is 350 g/mol. The number of ketones is 1. The van der Waals surface area contributed by atoms with E-state index in [4.69, 9.17) is 4.74 Å². The third kappa shape index (κ3) is 4.18. The molecule has 27 heavy (non-hydrogen) atoms. The van der Waals surface area contributed by atoms with Crippen LogP contribution < -0.4 is 0 Å². The van der Waals surface area contributed by atoms with Gasteiger partial charge in [-0.1, -0.05) is 30.3 Å². The molecule has 0 amide bonds. The summed E-state index contributed by atoms with van der Waals surface area (Å²) in [6.07, 6.45) is 2.68. The summed E-state index contributed by atoms with van der Waals surface area (Å²) in [4.78, 5) is 43.2. The van der Waals surface area contributed by atoms with E-state index in [0.29, 0.717) is 11.1 Å². The number of benzene rings is 2. The molecule has 8 heteroatoms. The molecule has 1 aromatic heterocycles. The molecule has 3 aromatic rings. The predicted octanol–water partition coefficient (Wildman–Crippen LogP) is 3.17. The quantitative estimate of drug-likeness (QED) is 0.286. The highest BCUT2D eigenvalue weighted by Crippen LogP contribution is 2.25. The van der Waals surface area contributed by atoms with Crippen molar-refractivity contribution >= 4 is 17.4 Å². The summed E-state index contributed by atoms with van der Waals surface area (Å²) >= 11 is 0. The van der Waals surface area contributed by atoms with E-state index in [1.54, 1.807) is 30.3 Å². The number of carbonyl (C=O) groups excluding carboxylic acids is 2. The number of nitrogens with zero attached hydrogens (tertiary/aromatic N) is 3. The molecule has 1 atom stereocenters. The second kappa shape index (κ2) is 7.96. The minimum atomic E-state index is -1.28. The molecular formula is C19H13N3O5. The van der Waals surface area contributed by atoms with Crippen molar-refractivity contribution in [1.29, 1.82) is 0 Å². The van der Waals surface area contributed by atoms with Crippen LogP contribution in [0.5, 0.6) is 0 Å². The average molecular weight is 363 g/mol. The van der Waals surface area contributed by atoms with Crippen LogP contribution >= 0.6 is 0 Å². The van der Waals surface area contributed by atoms with Crippen LogP contribution in [-0.2, 0) is 4.74 Å². The lowest BCUT2D eigenvalue weighted by Gasteiger charge is -2.17. The molecule has 0 unspecified atom stereocenters. The lowest BCUT2D eigenvalue weighted by atomic mass is 9.99. The van der Waals surface area contributed by atoms with Gasteiger partial charge < -0.3 is 4.74 Å². The molecule has 0 saturated carbocycles. The molecule has 0 aliphatic heterocycles. The van der Waals surface area contributed by atoms with Crippen molar-refractivity contribution in [3.8, 4) is 0 Å². The number of esters is 1. The Morgan fingerprint density at radius 3 is 2.30 bits per heavy atom. The molecule has 0 saturated heterocycles. The van der Waals surface area contributed by atoms with Gasteiger partial charge in [0, 0.05) is 35.7 Å². The third-order valence-corrected chi connectivity index (χ3v) is 3.70. The number of nitro benzene ring substituents is 1. The standard InChI is InChI=1S/C19H13N3O5/c23-17(13-4-2-1-3-5-13)18(14-6-8-15(9-7-14)22(25)26)27-19(24)16-12-20-10-11-21-16/h1-12,18H/t18-/m0/s1. The van der Waals surface area contributed by atoms with E-state index < -0.39 is 22.8 Å². The highest BCUT2D eigenvalue weighted by molar-refractivity contribution is 6.01. The Balaban J connectivity index is 1.94. The number of aromatic nitrogens is 2. The van der Waals surface area contributed by atoms with E-state index in [9.17, 15) is 19.7 Å². The highest BCUT2D eigenvalue weighted by Gasteiger charge is 2.27. The van der Waals surface area contributed by atoms with Gasteiger partial charge in [-0.05, 0) is 12.1 Å². The number of hydrogen-bond donors (Lipinski definition) is 0. The monoisotopic (exact) mass is 363 g/mol. The van der Waals surface area contributed by atoms with E-state index in [-0.39, 0.29) is 11.4 Å². The van der Waals surface area contributed by atoms with Crippen LogP contribution in [-0.4, -0.2) is 26.6 Å². The first-order valence-corrected chi connectivity index (χ1v) is 7.87. The summed E-state index contributed by atoms with van der Waals surface area (Å²) < 4.78 is 5.38. The molecule has 3 rings (SSSR count). The minimum absolute atomic E-state index is 0.0507. The first-order chi connectivity index (χ1) is 13.1. The van der Waals surface area contributed by atoms with Crippen molar-refractivity contribution in [2.24, 2.45) is 0 Å². The van der Waals surface area contributed by atoms with Crippen molar-refractivity contribution in [2.75, 3.05) is 0 Å². The molecule has 2 aromatic carbocycles. The zero-order valence-corrected chi connectivity index (χ0v) is 13.9. The summed E-state index contributed by atoms with van der Waals surface area (Å²) in [7, 11) is 0. The van der Waals surface area contributed by atoms with Crippen molar-refractivity contribution in [3.05, 3.63) is 100 Å². The zero-order chi connectivity index (χ0) is 19.2. The molecule has 0 fully saturated rings. The van der Waals surface area contributed by atoms with Crippen LogP contribution in [0.2, 0.25) is 0 Å². The summed E-state index contributed by atoms with van der Waals surface area (Å²) in [5.41, 5.74) is 0.467. The van der Waals surface area contributed by atoms with Gasteiger partial charge in [0.1, 0.15) is 0 Å². The highest BCUT2D eigenvalue weighted by atomic mass is 16.6. The maximum Gasteiger partial charge on any atom is 0.359 e. The Hall–Kier alpha value is -3.94. The maximum absolute atomic E-state index is 12.9. The number of nitro groups is 1. The molecule has 0 N–H and O–H groups in total. The lowest BCUT2D eigenvalue weighted by molar-refractivity contribution is -0.384. The van der Waals surface area contributed by atoms with Crippen molar-refractivity contribution < 1.29 is 19.2 Å². The molecule has 134 valence electrons. The SMILES string of the molecule is O=C(O[C@H](C(=O)c1ccccc1)c1ccc([N+](=O)[O-])cc1)c1cnccn1. The number of Topliss-reactive ketones (excluding diaryl/α,β-unsaturated/α-hetero) is 1. The lowest BCUT2D eigenvalue weighted by Crippen LogP contribution is -2.21. The van der Waals surface area contributed by atoms with Gasteiger partial charge in [0.05, 0.1) is 11.1 Å². The Morgan fingerprint density at radius 1 is 1.00 bits per heavy atom. The molecule has 0 bridgehead atoms. The summed E-state index contributed by atoms with van der Waals surface area (Å²) in [5.74, 6) is -1.28. The van der Waals surface area contributed by atoms with Gasteiger partial charge in [0.2, 0.25) is 5.78 Å².